The summed E-state index contributed by atoms with van der Waals surface area (Å²) in [4.78, 5) is 16.0. The van der Waals surface area contributed by atoms with Gasteiger partial charge in [-0.1, -0.05) is 0 Å². The number of hydrogen-bond acceptors (Lipinski definition) is 5. The van der Waals surface area contributed by atoms with E-state index in [0.717, 1.165) is 26.2 Å². The third-order valence-electron chi connectivity index (χ3n) is 3.22. The molecule has 1 aliphatic heterocycles. The predicted molar refractivity (Wildman–Crippen MR) is 63.1 cm³/mol. The van der Waals surface area contributed by atoms with Gasteiger partial charge in [-0.3, -0.25) is 14.6 Å². The SMILES string of the molecule is COC(=O)C(CN)N1CCN(C(C)C)CC1. The van der Waals surface area contributed by atoms with Gasteiger partial charge in [-0.15, -0.1) is 0 Å². The van der Waals surface area contributed by atoms with Crippen LogP contribution < -0.4 is 5.73 Å². The lowest BCUT2D eigenvalue weighted by Gasteiger charge is -2.39. The second kappa shape index (κ2) is 6.18. The molecule has 1 aliphatic rings. The predicted octanol–water partition coefficient (Wildman–Crippen LogP) is -0.487. The van der Waals surface area contributed by atoms with E-state index in [9.17, 15) is 4.79 Å². The number of esters is 1. The molecule has 1 saturated heterocycles. The Morgan fingerprint density at radius 3 is 2.12 bits per heavy atom. The van der Waals surface area contributed by atoms with Gasteiger partial charge in [0.15, 0.2) is 0 Å². The van der Waals surface area contributed by atoms with E-state index in [1.165, 1.54) is 7.11 Å². The molecule has 0 aromatic rings. The highest BCUT2D eigenvalue weighted by molar-refractivity contribution is 5.75. The van der Waals surface area contributed by atoms with Crippen molar-refractivity contribution in [3.8, 4) is 0 Å². The third-order valence-corrected chi connectivity index (χ3v) is 3.22. The molecular formula is C11H23N3O2. The van der Waals surface area contributed by atoms with Crippen LogP contribution in [0.5, 0.6) is 0 Å². The van der Waals surface area contributed by atoms with Crippen molar-refractivity contribution in [2.45, 2.75) is 25.9 Å². The Balaban J connectivity index is 2.48. The maximum atomic E-state index is 11.5. The van der Waals surface area contributed by atoms with Crippen LogP contribution in [0.2, 0.25) is 0 Å². The minimum atomic E-state index is -0.278. The summed E-state index contributed by atoms with van der Waals surface area (Å²) in [7, 11) is 1.41. The fraction of sp³-hybridized carbons (Fsp3) is 0.909. The van der Waals surface area contributed by atoms with E-state index in [-0.39, 0.29) is 12.0 Å². The van der Waals surface area contributed by atoms with Crippen LogP contribution in [0.25, 0.3) is 0 Å². The molecule has 0 aromatic carbocycles. The summed E-state index contributed by atoms with van der Waals surface area (Å²) in [5.41, 5.74) is 5.62. The number of nitrogens with zero attached hydrogens (tertiary/aromatic N) is 2. The van der Waals surface area contributed by atoms with Gasteiger partial charge in [0.1, 0.15) is 6.04 Å². The molecule has 0 spiro atoms. The van der Waals surface area contributed by atoms with E-state index < -0.39 is 0 Å². The number of methoxy groups -OCH3 is 1. The summed E-state index contributed by atoms with van der Waals surface area (Å²) in [6.45, 7) is 8.46. The van der Waals surface area contributed by atoms with Gasteiger partial charge in [-0.2, -0.15) is 0 Å². The highest BCUT2D eigenvalue weighted by atomic mass is 16.5. The summed E-state index contributed by atoms with van der Waals surface area (Å²) < 4.78 is 4.76. The Labute approximate surface area is 97.5 Å². The molecule has 5 nitrogen and oxygen atoms in total. The number of piperazine rings is 1. The molecule has 1 atom stereocenters. The van der Waals surface area contributed by atoms with Gasteiger partial charge in [0, 0.05) is 38.8 Å². The van der Waals surface area contributed by atoms with Gasteiger partial charge in [0.2, 0.25) is 0 Å². The van der Waals surface area contributed by atoms with Gasteiger partial charge in [-0.25, -0.2) is 0 Å². The molecule has 1 rings (SSSR count). The summed E-state index contributed by atoms with van der Waals surface area (Å²) >= 11 is 0. The average Bonchev–Trinajstić information content (AvgIpc) is 2.30. The second-order valence-electron chi connectivity index (χ2n) is 4.44. The monoisotopic (exact) mass is 229 g/mol. The van der Waals surface area contributed by atoms with Crippen molar-refractivity contribution in [2.75, 3.05) is 39.8 Å². The van der Waals surface area contributed by atoms with E-state index in [1.807, 2.05) is 0 Å². The van der Waals surface area contributed by atoms with Crippen LogP contribution in [-0.2, 0) is 9.53 Å². The lowest BCUT2D eigenvalue weighted by Crippen LogP contribution is -2.56. The Morgan fingerprint density at radius 2 is 1.75 bits per heavy atom. The Morgan fingerprint density at radius 1 is 1.25 bits per heavy atom. The number of hydrogen-bond donors (Lipinski definition) is 1. The van der Waals surface area contributed by atoms with Crippen LogP contribution in [0.15, 0.2) is 0 Å². The van der Waals surface area contributed by atoms with Crippen molar-refractivity contribution >= 4 is 5.97 Å². The molecular weight excluding hydrogens is 206 g/mol. The van der Waals surface area contributed by atoms with E-state index >= 15 is 0 Å². The molecule has 16 heavy (non-hydrogen) atoms. The first-order chi connectivity index (χ1) is 7.60. The van der Waals surface area contributed by atoms with E-state index in [2.05, 4.69) is 23.6 Å². The first-order valence-electron chi connectivity index (χ1n) is 5.86. The molecule has 1 fully saturated rings. The zero-order valence-electron chi connectivity index (χ0n) is 10.5. The van der Waals surface area contributed by atoms with Gasteiger partial charge < -0.3 is 10.5 Å². The summed E-state index contributed by atoms with van der Waals surface area (Å²) in [5, 5.41) is 0. The number of carbonyl (C=O) groups is 1. The quantitative estimate of drug-likeness (QED) is 0.659. The molecule has 94 valence electrons. The van der Waals surface area contributed by atoms with E-state index in [4.69, 9.17) is 10.5 Å². The highest BCUT2D eigenvalue weighted by Gasteiger charge is 2.29. The first-order valence-corrected chi connectivity index (χ1v) is 5.86. The van der Waals surface area contributed by atoms with E-state index in [0.29, 0.717) is 12.6 Å². The van der Waals surface area contributed by atoms with Crippen LogP contribution in [0.4, 0.5) is 0 Å². The number of rotatable bonds is 4. The molecule has 0 amide bonds. The average molecular weight is 229 g/mol. The summed E-state index contributed by atoms with van der Waals surface area (Å²) in [6, 6.07) is 0.288. The molecule has 2 N–H and O–H groups in total. The van der Waals surface area contributed by atoms with Crippen LogP contribution in [0, 0.1) is 0 Å². The molecule has 5 heteroatoms. The van der Waals surface area contributed by atoms with Gasteiger partial charge in [-0.05, 0) is 13.8 Å². The molecule has 0 aliphatic carbocycles. The Hall–Kier alpha value is -0.650. The van der Waals surface area contributed by atoms with Crippen molar-refractivity contribution in [1.29, 1.82) is 0 Å². The molecule has 0 radical (unpaired) electrons. The third kappa shape index (κ3) is 3.17. The summed E-state index contributed by atoms with van der Waals surface area (Å²) in [5.74, 6) is -0.222. The lowest BCUT2D eigenvalue weighted by atomic mass is 10.2. The zero-order chi connectivity index (χ0) is 12.1. The second-order valence-corrected chi connectivity index (χ2v) is 4.44. The van der Waals surface area contributed by atoms with E-state index in [1.54, 1.807) is 0 Å². The van der Waals surface area contributed by atoms with Gasteiger partial charge >= 0.3 is 5.97 Å². The molecule has 0 aromatic heterocycles. The number of ether oxygens (including phenoxy) is 1. The Kier molecular flexibility index (Phi) is 5.18. The van der Waals surface area contributed by atoms with Gasteiger partial charge in [0.25, 0.3) is 0 Å². The van der Waals surface area contributed by atoms with Crippen molar-refractivity contribution in [3.63, 3.8) is 0 Å². The first kappa shape index (κ1) is 13.4. The minimum Gasteiger partial charge on any atom is -0.468 e. The molecule has 1 heterocycles. The standard InChI is InChI=1S/C11H23N3O2/c1-9(2)13-4-6-14(7-5-13)10(8-12)11(15)16-3/h9-10H,4-8,12H2,1-3H3. The van der Waals surface area contributed by atoms with Gasteiger partial charge in [0.05, 0.1) is 7.11 Å². The fourth-order valence-corrected chi connectivity index (χ4v) is 2.10. The van der Waals surface area contributed by atoms with Crippen molar-refractivity contribution in [2.24, 2.45) is 5.73 Å². The normalized spacial score (nSPS) is 21.1. The molecule has 0 saturated carbocycles. The maximum Gasteiger partial charge on any atom is 0.324 e. The number of carbonyl (C=O) groups excluding carboxylic acids is 1. The maximum absolute atomic E-state index is 11.5. The largest absolute Gasteiger partial charge is 0.468 e. The van der Waals surface area contributed by atoms with Crippen LogP contribution in [0.1, 0.15) is 13.8 Å². The van der Waals surface area contributed by atoms with Crippen LogP contribution >= 0.6 is 0 Å². The zero-order valence-corrected chi connectivity index (χ0v) is 10.5. The molecule has 0 bridgehead atoms. The Bertz CT molecular complexity index is 225. The fourth-order valence-electron chi connectivity index (χ4n) is 2.10. The van der Waals surface area contributed by atoms with Crippen LogP contribution in [0.3, 0.4) is 0 Å². The molecule has 1 unspecified atom stereocenters. The lowest BCUT2D eigenvalue weighted by molar-refractivity contribution is -0.147. The minimum absolute atomic E-state index is 0.222. The van der Waals surface area contributed by atoms with Crippen molar-refractivity contribution in [1.82, 2.24) is 9.80 Å². The topological polar surface area (TPSA) is 58.8 Å². The number of nitrogens with two attached hydrogens (primary N) is 1. The smallest absolute Gasteiger partial charge is 0.324 e. The highest BCUT2D eigenvalue weighted by Crippen LogP contribution is 2.09. The summed E-state index contributed by atoms with van der Waals surface area (Å²) in [6.07, 6.45) is 0. The van der Waals surface area contributed by atoms with Crippen molar-refractivity contribution in [3.05, 3.63) is 0 Å². The van der Waals surface area contributed by atoms with Crippen molar-refractivity contribution < 1.29 is 9.53 Å². The van der Waals surface area contributed by atoms with Crippen LogP contribution in [-0.4, -0.2) is 67.7 Å².